The first kappa shape index (κ1) is 75.3. The van der Waals surface area contributed by atoms with Gasteiger partial charge < -0.3 is 19.4 Å². The number of hydrogen-bond acceptors (Lipinski definition) is 7. The van der Waals surface area contributed by atoms with Crippen LogP contribution in [0.1, 0.15) is 349 Å². The highest BCUT2D eigenvalue weighted by Crippen LogP contribution is 2.17. The molecule has 0 atom stereocenters. The Labute approximate surface area is 491 Å². The van der Waals surface area contributed by atoms with Crippen LogP contribution in [0.25, 0.3) is 0 Å². The predicted molar refractivity (Wildman–Crippen MR) is 348 cm³/mol. The molecule has 466 valence electrons. The van der Waals surface area contributed by atoms with Crippen LogP contribution in [0.5, 0.6) is 0 Å². The Balaban J connectivity index is 2.76. The Morgan fingerprint density at radius 1 is 0.269 bits per heavy atom. The zero-order valence-electron chi connectivity index (χ0n) is 54.5. The maximum absolute atomic E-state index is 12.3. The molecule has 7 nitrogen and oxygen atoms in total. The number of hydrogen-bond donors (Lipinski definition) is 0. The zero-order chi connectivity index (χ0) is 56.1. The van der Waals surface area contributed by atoms with Crippen LogP contribution in [-0.2, 0) is 9.53 Å². The summed E-state index contributed by atoms with van der Waals surface area (Å²) in [5.74, 6) is 0.0102. The number of carbonyl (C=O) groups excluding carboxylic acids is 1. The Hall–Kier alpha value is -0.730. The van der Waals surface area contributed by atoms with Crippen LogP contribution in [-0.4, -0.2) is 135 Å². The largest absolute Gasteiger partial charge is 0.466 e. The van der Waals surface area contributed by atoms with Gasteiger partial charge in [0.15, 0.2) is 0 Å². The van der Waals surface area contributed by atoms with Crippen molar-refractivity contribution < 1.29 is 9.53 Å². The summed E-state index contributed by atoms with van der Waals surface area (Å²) < 4.78 is 5.50. The molecule has 1 rings (SSSR count). The molecule has 0 aliphatic carbocycles. The minimum absolute atomic E-state index is 0.0102. The molecular formula is C71H145N5O2. The summed E-state index contributed by atoms with van der Waals surface area (Å²) in [6.07, 6.45) is 66.9. The van der Waals surface area contributed by atoms with Crippen molar-refractivity contribution >= 4 is 5.97 Å². The summed E-state index contributed by atoms with van der Waals surface area (Å²) in [4.78, 5) is 26.5. The van der Waals surface area contributed by atoms with E-state index in [4.69, 9.17) is 4.74 Å². The Kier molecular flexibility index (Phi) is 60.1. The summed E-state index contributed by atoms with van der Waals surface area (Å²) in [5, 5.41) is 0. The molecule has 0 bridgehead atoms. The van der Waals surface area contributed by atoms with E-state index in [0.717, 1.165) is 25.7 Å². The summed E-state index contributed by atoms with van der Waals surface area (Å²) in [5.41, 5.74) is 0. The second-order valence-electron chi connectivity index (χ2n) is 25.4. The van der Waals surface area contributed by atoms with E-state index in [1.165, 1.54) is 381 Å². The standard InChI is InChI=1S/C71H145N5O2/c1-6-11-16-20-24-28-32-33-37-41-45-51-59-74(62-60-72(55-48-42-38-34-29-25-21-17-12-7-2)56-49-43-39-35-30-26-22-18-13-8-3)63-65-76-68-66-75(67-69-76)64-61-73(57-50-44-40-36-31-27-23-19-14-9-4)58-52-46-47-54-71(77)78-70-53-15-10-5/h6-70H2,1-5H3. The van der Waals surface area contributed by atoms with Gasteiger partial charge in [-0.15, -0.1) is 0 Å². The van der Waals surface area contributed by atoms with Gasteiger partial charge in [-0.3, -0.25) is 14.6 Å². The van der Waals surface area contributed by atoms with Crippen molar-refractivity contribution in [3.63, 3.8) is 0 Å². The zero-order valence-corrected chi connectivity index (χ0v) is 54.5. The average molecular weight is 1100 g/mol. The van der Waals surface area contributed by atoms with Crippen LogP contribution >= 0.6 is 0 Å². The Morgan fingerprint density at radius 2 is 0.487 bits per heavy atom. The Morgan fingerprint density at radius 3 is 0.769 bits per heavy atom. The van der Waals surface area contributed by atoms with E-state index < -0.39 is 0 Å². The number of piperazine rings is 1. The van der Waals surface area contributed by atoms with E-state index in [1.54, 1.807) is 0 Å². The first-order valence-electron chi connectivity index (χ1n) is 36.3. The molecule has 0 aromatic carbocycles. The van der Waals surface area contributed by atoms with Gasteiger partial charge >= 0.3 is 5.97 Å². The predicted octanol–water partition coefficient (Wildman–Crippen LogP) is 20.3. The molecule has 0 aromatic heterocycles. The highest BCUT2D eigenvalue weighted by Gasteiger charge is 2.19. The van der Waals surface area contributed by atoms with Crippen LogP contribution in [0.3, 0.4) is 0 Å². The molecule has 7 heteroatoms. The molecule has 1 saturated heterocycles. The van der Waals surface area contributed by atoms with E-state index >= 15 is 0 Å². The van der Waals surface area contributed by atoms with Gasteiger partial charge in [-0.25, -0.2) is 0 Å². The van der Waals surface area contributed by atoms with Gasteiger partial charge in [-0.05, 0) is 77.7 Å². The summed E-state index contributed by atoms with van der Waals surface area (Å²) in [7, 11) is 0. The van der Waals surface area contributed by atoms with Gasteiger partial charge in [0.05, 0.1) is 6.61 Å². The highest BCUT2D eigenvalue weighted by molar-refractivity contribution is 5.69. The maximum atomic E-state index is 12.3. The fourth-order valence-electron chi connectivity index (χ4n) is 12.1. The normalized spacial score (nSPS) is 13.6. The van der Waals surface area contributed by atoms with Crippen molar-refractivity contribution in [2.75, 3.05) is 105 Å². The maximum Gasteiger partial charge on any atom is 0.305 e. The number of nitrogens with zero attached hydrogens (tertiary/aromatic N) is 5. The van der Waals surface area contributed by atoms with Crippen LogP contribution in [0.15, 0.2) is 0 Å². The summed E-state index contributed by atoms with van der Waals surface area (Å²) in [6.45, 7) is 30.7. The lowest BCUT2D eigenvalue weighted by Gasteiger charge is -2.37. The van der Waals surface area contributed by atoms with E-state index in [9.17, 15) is 4.79 Å². The smallest absolute Gasteiger partial charge is 0.305 e. The van der Waals surface area contributed by atoms with Gasteiger partial charge in [0.1, 0.15) is 0 Å². The third-order valence-corrected chi connectivity index (χ3v) is 17.8. The third-order valence-electron chi connectivity index (χ3n) is 17.8. The fourth-order valence-corrected chi connectivity index (χ4v) is 12.1. The van der Waals surface area contributed by atoms with E-state index in [1.807, 2.05) is 0 Å². The Bertz CT molecular complexity index is 1130. The number of rotatable bonds is 65. The summed E-state index contributed by atoms with van der Waals surface area (Å²) in [6, 6.07) is 0. The molecule has 0 N–H and O–H groups in total. The number of esters is 1. The van der Waals surface area contributed by atoms with Crippen LogP contribution < -0.4 is 0 Å². The summed E-state index contributed by atoms with van der Waals surface area (Å²) >= 11 is 0. The number of carbonyl (C=O) groups is 1. The highest BCUT2D eigenvalue weighted by atomic mass is 16.5. The van der Waals surface area contributed by atoms with Crippen molar-refractivity contribution in [1.82, 2.24) is 24.5 Å². The SMILES string of the molecule is CCCCCCCCCCCCCCN(CCN(CCCCCCCCCCCC)CCCCCCCCCCCC)CCN1CCN(CCN(CCCCCCCCCCCC)CCCCCC(=O)OCCCCC)CC1. The van der Waals surface area contributed by atoms with E-state index in [2.05, 4.69) is 59.1 Å². The molecule has 1 aliphatic heterocycles. The van der Waals surface area contributed by atoms with Gasteiger partial charge in [0.25, 0.3) is 0 Å². The molecule has 1 fully saturated rings. The second-order valence-corrected chi connectivity index (χ2v) is 25.4. The van der Waals surface area contributed by atoms with Gasteiger partial charge in [-0.2, -0.15) is 0 Å². The first-order chi connectivity index (χ1) is 38.6. The molecule has 0 unspecified atom stereocenters. The van der Waals surface area contributed by atoms with Gasteiger partial charge in [0, 0.05) is 71.9 Å². The second kappa shape index (κ2) is 62.3. The molecule has 0 radical (unpaired) electrons. The lowest BCUT2D eigenvalue weighted by atomic mass is 10.1. The van der Waals surface area contributed by atoms with E-state index in [0.29, 0.717) is 13.0 Å². The van der Waals surface area contributed by atoms with E-state index in [-0.39, 0.29) is 5.97 Å². The van der Waals surface area contributed by atoms with Gasteiger partial charge in [0.2, 0.25) is 0 Å². The quantitative estimate of drug-likeness (QED) is 0.0444. The third kappa shape index (κ3) is 53.3. The van der Waals surface area contributed by atoms with Crippen molar-refractivity contribution in [1.29, 1.82) is 0 Å². The first-order valence-corrected chi connectivity index (χ1v) is 36.3. The lowest BCUT2D eigenvalue weighted by molar-refractivity contribution is -0.143. The minimum atomic E-state index is 0.0102. The number of ether oxygens (including phenoxy) is 1. The van der Waals surface area contributed by atoms with Crippen LogP contribution in [0, 0.1) is 0 Å². The van der Waals surface area contributed by atoms with Gasteiger partial charge in [-0.1, -0.05) is 298 Å². The molecular weight excluding hydrogens is 955 g/mol. The fraction of sp³-hybridized carbons (Fsp3) is 0.986. The van der Waals surface area contributed by atoms with Crippen molar-refractivity contribution in [2.24, 2.45) is 0 Å². The van der Waals surface area contributed by atoms with Crippen LogP contribution in [0.2, 0.25) is 0 Å². The average Bonchev–Trinajstić information content (AvgIpc) is 3.45. The molecule has 0 spiro atoms. The van der Waals surface area contributed by atoms with Crippen molar-refractivity contribution in [2.45, 2.75) is 349 Å². The molecule has 0 aromatic rings. The topological polar surface area (TPSA) is 42.5 Å². The lowest BCUT2D eigenvalue weighted by Crippen LogP contribution is -2.50. The molecule has 0 saturated carbocycles. The molecule has 1 heterocycles. The molecule has 78 heavy (non-hydrogen) atoms. The van der Waals surface area contributed by atoms with Crippen molar-refractivity contribution in [3.05, 3.63) is 0 Å². The molecule has 1 aliphatic rings. The molecule has 0 amide bonds. The van der Waals surface area contributed by atoms with Crippen LogP contribution in [0.4, 0.5) is 0 Å². The monoisotopic (exact) mass is 1100 g/mol. The minimum Gasteiger partial charge on any atom is -0.466 e. The number of unbranched alkanes of at least 4 members (excludes halogenated alkanes) is 42. The van der Waals surface area contributed by atoms with Crippen molar-refractivity contribution in [3.8, 4) is 0 Å².